The van der Waals surface area contributed by atoms with Crippen LogP contribution in [0.1, 0.15) is 34.6 Å². The lowest BCUT2D eigenvalue weighted by Gasteiger charge is -2.15. The zero-order valence-electron chi connectivity index (χ0n) is 11.2. The second-order valence-electron chi connectivity index (χ2n) is 4.69. The van der Waals surface area contributed by atoms with Gasteiger partial charge in [0.25, 0.3) is 5.91 Å². The number of rotatable bonds is 4. The summed E-state index contributed by atoms with van der Waals surface area (Å²) in [4.78, 5) is 16.8. The van der Waals surface area contributed by atoms with Gasteiger partial charge in [-0.25, -0.2) is 0 Å². The van der Waals surface area contributed by atoms with E-state index in [1.807, 2.05) is 41.9 Å². The number of nitrogens with one attached hydrogen (secondary N) is 2. The predicted molar refractivity (Wildman–Crippen MR) is 83.1 cm³/mol. The fourth-order valence-corrected chi connectivity index (χ4v) is 3.24. The van der Waals surface area contributed by atoms with Gasteiger partial charge in [-0.3, -0.25) is 4.79 Å². The van der Waals surface area contributed by atoms with E-state index in [1.54, 1.807) is 11.3 Å². The monoisotopic (exact) mass is 284 g/mol. The van der Waals surface area contributed by atoms with Gasteiger partial charge in [0.2, 0.25) is 0 Å². The first-order valence-electron chi connectivity index (χ1n) is 6.70. The predicted octanol–water partition coefficient (Wildman–Crippen LogP) is 4.11. The Morgan fingerprint density at radius 2 is 2.20 bits per heavy atom. The molecule has 102 valence electrons. The first-order valence-corrected chi connectivity index (χ1v) is 7.58. The van der Waals surface area contributed by atoms with Gasteiger partial charge in [-0.05, 0) is 36.1 Å². The molecule has 0 saturated carbocycles. The molecule has 0 fully saturated rings. The summed E-state index contributed by atoms with van der Waals surface area (Å²) in [6.45, 7) is 2.08. The lowest BCUT2D eigenvalue weighted by atomic mass is 10.1. The minimum atomic E-state index is -0.0181. The quantitative estimate of drug-likeness (QED) is 0.744. The van der Waals surface area contributed by atoms with Crippen molar-refractivity contribution in [2.24, 2.45) is 0 Å². The van der Waals surface area contributed by atoms with Crippen molar-refractivity contribution >= 4 is 28.1 Å². The first kappa shape index (κ1) is 12.9. The highest BCUT2D eigenvalue weighted by Gasteiger charge is 2.16. The SMILES string of the molecule is CCC(NC(=O)c1cccc2[nH]ccc12)c1cccs1. The number of hydrogen-bond donors (Lipinski definition) is 2. The van der Waals surface area contributed by atoms with E-state index in [9.17, 15) is 4.79 Å². The Morgan fingerprint density at radius 3 is 2.95 bits per heavy atom. The van der Waals surface area contributed by atoms with Crippen molar-refractivity contribution in [2.45, 2.75) is 19.4 Å². The van der Waals surface area contributed by atoms with Crippen LogP contribution in [-0.4, -0.2) is 10.9 Å². The molecule has 1 unspecified atom stereocenters. The van der Waals surface area contributed by atoms with Gasteiger partial charge < -0.3 is 10.3 Å². The molecule has 4 heteroatoms. The Kier molecular flexibility index (Phi) is 3.56. The van der Waals surface area contributed by atoms with E-state index in [4.69, 9.17) is 0 Å². The third-order valence-corrected chi connectivity index (χ3v) is 4.43. The molecule has 1 amide bonds. The first-order chi connectivity index (χ1) is 9.79. The molecule has 2 aromatic heterocycles. The molecule has 3 rings (SSSR count). The number of hydrogen-bond acceptors (Lipinski definition) is 2. The Bertz CT molecular complexity index is 715. The van der Waals surface area contributed by atoms with E-state index < -0.39 is 0 Å². The molecule has 1 atom stereocenters. The van der Waals surface area contributed by atoms with Gasteiger partial charge in [0.1, 0.15) is 0 Å². The van der Waals surface area contributed by atoms with Gasteiger partial charge in [-0.1, -0.05) is 19.1 Å². The topological polar surface area (TPSA) is 44.9 Å². The number of thiophene rings is 1. The summed E-state index contributed by atoms with van der Waals surface area (Å²) < 4.78 is 0. The van der Waals surface area contributed by atoms with E-state index in [-0.39, 0.29) is 11.9 Å². The molecule has 0 aliphatic carbocycles. The van der Waals surface area contributed by atoms with Crippen molar-refractivity contribution in [1.82, 2.24) is 10.3 Å². The summed E-state index contributed by atoms with van der Waals surface area (Å²) in [5.41, 5.74) is 1.71. The summed E-state index contributed by atoms with van der Waals surface area (Å²) in [7, 11) is 0. The van der Waals surface area contributed by atoms with Crippen LogP contribution in [0.3, 0.4) is 0 Å². The molecule has 0 radical (unpaired) electrons. The minimum Gasteiger partial charge on any atom is -0.361 e. The minimum absolute atomic E-state index is 0.0181. The zero-order valence-corrected chi connectivity index (χ0v) is 12.0. The molecule has 0 aliphatic heterocycles. The van der Waals surface area contributed by atoms with Crippen LogP contribution in [0.2, 0.25) is 0 Å². The molecule has 0 aliphatic rings. The van der Waals surface area contributed by atoms with Crippen molar-refractivity contribution in [3.63, 3.8) is 0 Å². The lowest BCUT2D eigenvalue weighted by molar-refractivity contribution is 0.0938. The van der Waals surface area contributed by atoms with E-state index in [0.717, 1.165) is 22.9 Å². The Hall–Kier alpha value is -2.07. The van der Waals surface area contributed by atoms with Crippen molar-refractivity contribution in [3.05, 3.63) is 58.4 Å². The molecule has 3 nitrogen and oxygen atoms in total. The summed E-state index contributed by atoms with van der Waals surface area (Å²) in [6.07, 6.45) is 2.74. The second kappa shape index (κ2) is 5.51. The average Bonchev–Trinajstić information content (AvgIpc) is 3.14. The molecule has 3 aromatic rings. The van der Waals surface area contributed by atoms with Gasteiger partial charge in [-0.15, -0.1) is 11.3 Å². The van der Waals surface area contributed by atoms with E-state index in [0.29, 0.717) is 0 Å². The molecule has 2 N–H and O–H groups in total. The number of carbonyl (C=O) groups excluding carboxylic acids is 1. The fraction of sp³-hybridized carbons (Fsp3) is 0.188. The Balaban J connectivity index is 1.87. The standard InChI is InChI=1S/C16H16N2OS/c1-2-13(15-7-4-10-20-15)18-16(19)12-5-3-6-14-11(12)8-9-17-14/h3-10,13,17H,2H2,1H3,(H,18,19). The van der Waals surface area contributed by atoms with Crippen molar-refractivity contribution in [3.8, 4) is 0 Å². The highest BCUT2D eigenvalue weighted by atomic mass is 32.1. The number of carbonyl (C=O) groups is 1. The summed E-state index contributed by atoms with van der Waals surface area (Å²) in [5, 5.41) is 6.13. The van der Waals surface area contributed by atoms with Gasteiger partial charge in [-0.2, -0.15) is 0 Å². The van der Waals surface area contributed by atoms with Gasteiger partial charge >= 0.3 is 0 Å². The molecule has 2 heterocycles. The second-order valence-corrected chi connectivity index (χ2v) is 5.67. The third-order valence-electron chi connectivity index (χ3n) is 3.44. The number of amides is 1. The van der Waals surface area contributed by atoms with Crippen LogP contribution in [0.15, 0.2) is 48.0 Å². The molecule has 0 bridgehead atoms. The molecule has 0 spiro atoms. The highest BCUT2D eigenvalue weighted by Crippen LogP contribution is 2.23. The van der Waals surface area contributed by atoms with E-state index >= 15 is 0 Å². The number of aromatic amines is 1. The number of aromatic nitrogens is 1. The molecule has 1 aromatic carbocycles. The normalized spacial score (nSPS) is 12.4. The number of benzene rings is 1. The van der Waals surface area contributed by atoms with E-state index in [1.165, 1.54) is 4.88 Å². The van der Waals surface area contributed by atoms with Gasteiger partial charge in [0.15, 0.2) is 0 Å². The maximum atomic E-state index is 12.5. The maximum Gasteiger partial charge on any atom is 0.252 e. The van der Waals surface area contributed by atoms with Crippen LogP contribution >= 0.6 is 11.3 Å². The van der Waals surface area contributed by atoms with Crippen LogP contribution in [-0.2, 0) is 0 Å². The van der Waals surface area contributed by atoms with Gasteiger partial charge in [0, 0.05) is 27.5 Å². The number of H-pyrrole nitrogens is 1. The van der Waals surface area contributed by atoms with Crippen LogP contribution in [0.25, 0.3) is 10.9 Å². The Morgan fingerprint density at radius 1 is 1.30 bits per heavy atom. The van der Waals surface area contributed by atoms with Crippen molar-refractivity contribution < 1.29 is 4.79 Å². The van der Waals surface area contributed by atoms with E-state index in [2.05, 4.69) is 23.3 Å². The fourth-order valence-electron chi connectivity index (χ4n) is 2.38. The highest BCUT2D eigenvalue weighted by molar-refractivity contribution is 7.10. The summed E-state index contributed by atoms with van der Waals surface area (Å²) in [6, 6.07) is 11.8. The lowest BCUT2D eigenvalue weighted by Crippen LogP contribution is -2.27. The smallest absolute Gasteiger partial charge is 0.252 e. The summed E-state index contributed by atoms with van der Waals surface area (Å²) in [5.74, 6) is -0.0181. The van der Waals surface area contributed by atoms with Crippen LogP contribution < -0.4 is 5.32 Å². The molecular formula is C16H16N2OS. The zero-order chi connectivity index (χ0) is 13.9. The third kappa shape index (κ3) is 2.34. The average molecular weight is 284 g/mol. The molecule has 0 saturated heterocycles. The Labute approximate surface area is 121 Å². The van der Waals surface area contributed by atoms with Gasteiger partial charge in [0.05, 0.1) is 6.04 Å². The maximum absolute atomic E-state index is 12.5. The molecule has 20 heavy (non-hydrogen) atoms. The number of fused-ring (bicyclic) bond motifs is 1. The van der Waals surface area contributed by atoms with Crippen LogP contribution in [0, 0.1) is 0 Å². The van der Waals surface area contributed by atoms with Crippen LogP contribution in [0.5, 0.6) is 0 Å². The summed E-state index contributed by atoms with van der Waals surface area (Å²) >= 11 is 1.68. The largest absolute Gasteiger partial charge is 0.361 e. The van der Waals surface area contributed by atoms with Crippen molar-refractivity contribution in [1.29, 1.82) is 0 Å². The van der Waals surface area contributed by atoms with Crippen molar-refractivity contribution in [2.75, 3.05) is 0 Å². The van der Waals surface area contributed by atoms with Crippen LogP contribution in [0.4, 0.5) is 0 Å². The molecular weight excluding hydrogens is 268 g/mol.